The Labute approximate surface area is 126 Å². The second-order valence-corrected chi connectivity index (χ2v) is 6.53. The number of rotatable bonds is 4. The van der Waals surface area contributed by atoms with Gasteiger partial charge in [0.25, 0.3) is 0 Å². The molecule has 0 spiro atoms. The van der Waals surface area contributed by atoms with Crippen molar-refractivity contribution in [1.29, 1.82) is 0 Å². The first-order valence-electron chi connectivity index (χ1n) is 8.12. The van der Waals surface area contributed by atoms with Gasteiger partial charge in [-0.15, -0.1) is 0 Å². The molecule has 1 aliphatic carbocycles. The maximum absolute atomic E-state index is 4.60. The first kappa shape index (κ1) is 13.2. The fraction of sp³-hybridized carbons (Fsp3) is 0.500. The molecule has 0 amide bonds. The minimum Gasteiger partial charge on any atom is -0.315 e. The number of nitrogens with zero attached hydrogens (tertiary/aromatic N) is 2. The number of hydrogen-bond acceptors (Lipinski definition) is 3. The van der Waals surface area contributed by atoms with E-state index in [0.29, 0.717) is 0 Å². The number of nitrogens with one attached hydrogen (secondary N) is 1. The van der Waals surface area contributed by atoms with E-state index in [1.165, 1.54) is 36.8 Å². The zero-order valence-corrected chi connectivity index (χ0v) is 12.7. The topological polar surface area (TPSA) is 28.2 Å². The van der Waals surface area contributed by atoms with Crippen molar-refractivity contribution in [3.63, 3.8) is 0 Å². The number of pyridine rings is 1. The van der Waals surface area contributed by atoms with Crippen LogP contribution in [0.15, 0.2) is 30.3 Å². The maximum atomic E-state index is 4.60. The predicted molar refractivity (Wildman–Crippen MR) is 86.3 cm³/mol. The first-order valence-corrected chi connectivity index (χ1v) is 8.12. The average molecular weight is 281 g/mol. The summed E-state index contributed by atoms with van der Waals surface area (Å²) in [5, 5.41) is 4.77. The lowest BCUT2D eigenvalue weighted by Crippen LogP contribution is -2.38. The van der Waals surface area contributed by atoms with Crippen molar-refractivity contribution >= 4 is 10.9 Å². The third-order valence-electron chi connectivity index (χ3n) is 4.78. The van der Waals surface area contributed by atoms with E-state index >= 15 is 0 Å². The van der Waals surface area contributed by atoms with E-state index in [4.69, 9.17) is 0 Å². The molecule has 1 saturated carbocycles. The van der Waals surface area contributed by atoms with Gasteiger partial charge in [-0.3, -0.25) is 9.88 Å². The van der Waals surface area contributed by atoms with Crippen LogP contribution in [0.1, 0.15) is 30.5 Å². The summed E-state index contributed by atoms with van der Waals surface area (Å²) in [6, 6.07) is 12.6. The summed E-state index contributed by atoms with van der Waals surface area (Å²) in [5.74, 6) is 0. The maximum Gasteiger partial charge on any atom is 0.0705 e. The van der Waals surface area contributed by atoms with Gasteiger partial charge < -0.3 is 5.32 Å². The Balaban J connectivity index is 1.58. The third-order valence-corrected chi connectivity index (χ3v) is 4.78. The van der Waals surface area contributed by atoms with Crippen molar-refractivity contribution in [2.45, 2.75) is 44.8 Å². The summed E-state index contributed by atoms with van der Waals surface area (Å²) < 4.78 is 0. The van der Waals surface area contributed by atoms with Gasteiger partial charge in [0.1, 0.15) is 0 Å². The molecule has 1 aromatic heterocycles. The van der Waals surface area contributed by atoms with Crippen LogP contribution in [0.3, 0.4) is 0 Å². The average Bonchev–Trinajstić information content (AvgIpc) is 3.19. The van der Waals surface area contributed by atoms with Crippen molar-refractivity contribution in [2.24, 2.45) is 0 Å². The van der Waals surface area contributed by atoms with E-state index in [0.717, 1.165) is 36.4 Å². The zero-order valence-electron chi connectivity index (χ0n) is 12.7. The molecule has 1 saturated heterocycles. The lowest BCUT2D eigenvalue weighted by molar-refractivity contribution is 0.189. The van der Waals surface area contributed by atoms with Gasteiger partial charge in [-0.2, -0.15) is 0 Å². The van der Waals surface area contributed by atoms with E-state index in [1.807, 2.05) is 0 Å². The van der Waals surface area contributed by atoms with Crippen LogP contribution < -0.4 is 5.32 Å². The summed E-state index contributed by atoms with van der Waals surface area (Å²) >= 11 is 0. The second-order valence-electron chi connectivity index (χ2n) is 6.53. The van der Waals surface area contributed by atoms with Crippen LogP contribution in [0.2, 0.25) is 0 Å². The number of aryl methyl sites for hydroxylation is 1. The highest BCUT2D eigenvalue weighted by Crippen LogP contribution is 2.32. The first-order chi connectivity index (χ1) is 10.3. The Morgan fingerprint density at radius 1 is 1.14 bits per heavy atom. The molecule has 110 valence electrons. The molecule has 2 heterocycles. The van der Waals surface area contributed by atoms with Crippen LogP contribution in [0.4, 0.5) is 0 Å². The summed E-state index contributed by atoms with van der Waals surface area (Å²) in [6.45, 7) is 5.47. The molecule has 1 atom stereocenters. The molecule has 2 fully saturated rings. The lowest BCUT2D eigenvalue weighted by Gasteiger charge is -2.28. The Morgan fingerprint density at radius 3 is 2.81 bits per heavy atom. The minimum atomic E-state index is 0.726. The van der Waals surface area contributed by atoms with Gasteiger partial charge in [-0.1, -0.05) is 12.1 Å². The summed E-state index contributed by atoms with van der Waals surface area (Å²) in [6.07, 6.45) is 4.06. The Morgan fingerprint density at radius 2 is 2.05 bits per heavy atom. The highest BCUT2D eigenvalue weighted by Gasteiger charge is 2.34. The molecule has 2 aromatic rings. The molecule has 3 nitrogen and oxygen atoms in total. The minimum absolute atomic E-state index is 0.726. The van der Waals surface area contributed by atoms with E-state index in [-0.39, 0.29) is 0 Å². The molecule has 1 aliphatic heterocycles. The Kier molecular flexibility index (Phi) is 3.40. The van der Waals surface area contributed by atoms with Crippen LogP contribution in [-0.2, 0) is 6.54 Å². The molecule has 4 rings (SSSR count). The third kappa shape index (κ3) is 2.81. The fourth-order valence-electron chi connectivity index (χ4n) is 3.47. The van der Waals surface area contributed by atoms with E-state index in [9.17, 15) is 0 Å². The predicted octanol–water partition coefficient (Wildman–Crippen LogP) is 2.87. The Bertz CT molecular complexity index is 642. The van der Waals surface area contributed by atoms with Crippen molar-refractivity contribution in [1.82, 2.24) is 15.2 Å². The number of benzene rings is 1. The van der Waals surface area contributed by atoms with Crippen molar-refractivity contribution < 1.29 is 0 Å². The van der Waals surface area contributed by atoms with Gasteiger partial charge in [0.15, 0.2) is 0 Å². The van der Waals surface area contributed by atoms with Crippen molar-refractivity contribution in [3.05, 3.63) is 41.6 Å². The van der Waals surface area contributed by atoms with Gasteiger partial charge in [0.2, 0.25) is 0 Å². The van der Waals surface area contributed by atoms with Crippen LogP contribution >= 0.6 is 0 Å². The zero-order chi connectivity index (χ0) is 14.2. The molecule has 3 heteroatoms. The number of fused-ring (bicyclic) bond motifs is 1. The molecule has 0 bridgehead atoms. The van der Waals surface area contributed by atoms with Crippen LogP contribution in [0, 0.1) is 6.92 Å². The molecule has 0 radical (unpaired) electrons. The van der Waals surface area contributed by atoms with Crippen LogP contribution in [0.25, 0.3) is 10.9 Å². The van der Waals surface area contributed by atoms with E-state index < -0.39 is 0 Å². The molecular formula is C18H23N3. The normalized spacial score (nSPS) is 22.3. The van der Waals surface area contributed by atoms with Crippen molar-refractivity contribution in [3.8, 4) is 0 Å². The Hall–Kier alpha value is -1.45. The highest BCUT2D eigenvalue weighted by atomic mass is 15.2. The molecule has 21 heavy (non-hydrogen) atoms. The monoisotopic (exact) mass is 281 g/mol. The fourth-order valence-corrected chi connectivity index (χ4v) is 3.47. The summed E-state index contributed by atoms with van der Waals surface area (Å²) in [7, 11) is 0. The summed E-state index contributed by atoms with van der Waals surface area (Å²) in [4.78, 5) is 7.32. The van der Waals surface area contributed by atoms with E-state index in [1.54, 1.807) is 0 Å². The van der Waals surface area contributed by atoms with E-state index in [2.05, 4.69) is 52.5 Å². The standard InChI is InChI=1S/C18H23N3/c1-13-2-4-15-10-14(3-7-18(15)20-13)12-21(16-5-6-16)17-8-9-19-11-17/h2-4,7,10,16-17,19H,5-6,8-9,11-12H2,1H3. The smallest absolute Gasteiger partial charge is 0.0705 e. The number of hydrogen-bond donors (Lipinski definition) is 1. The number of aromatic nitrogens is 1. The van der Waals surface area contributed by atoms with Gasteiger partial charge in [-0.05, 0) is 56.5 Å². The van der Waals surface area contributed by atoms with Gasteiger partial charge in [-0.25, -0.2) is 0 Å². The van der Waals surface area contributed by atoms with Crippen molar-refractivity contribution in [2.75, 3.05) is 13.1 Å². The second kappa shape index (κ2) is 5.39. The molecule has 1 N–H and O–H groups in total. The highest BCUT2D eigenvalue weighted by molar-refractivity contribution is 5.79. The molecule has 2 aliphatic rings. The van der Waals surface area contributed by atoms with Crippen LogP contribution in [-0.4, -0.2) is 35.1 Å². The largest absolute Gasteiger partial charge is 0.315 e. The van der Waals surface area contributed by atoms with Gasteiger partial charge in [0, 0.05) is 36.3 Å². The molecular weight excluding hydrogens is 258 g/mol. The quantitative estimate of drug-likeness (QED) is 0.934. The lowest BCUT2D eigenvalue weighted by atomic mass is 10.1. The molecule has 1 unspecified atom stereocenters. The van der Waals surface area contributed by atoms with Gasteiger partial charge >= 0.3 is 0 Å². The van der Waals surface area contributed by atoms with Gasteiger partial charge in [0.05, 0.1) is 5.52 Å². The van der Waals surface area contributed by atoms with Crippen LogP contribution in [0.5, 0.6) is 0 Å². The summed E-state index contributed by atoms with van der Waals surface area (Å²) in [5.41, 5.74) is 3.62. The molecule has 1 aromatic carbocycles. The SMILES string of the molecule is Cc1ccc2cc(CN(C3CC3)C3CCNC3)ccc2n1.